The van der Waals surface area contributed by atoms with E-state index in [-0.39, 0.29) is 5.82 Å². The van der Waals surface area contributed by atoms with Crippen LogP contribution in [0.5, 0.6) is 0 Å². The predicted molar refractivity (Wildman–Crippen MR) is 61.6 cm³/mol. The number of anilines is 1. The lowest BCUT2D eigenvalue weighted by Gasteiger charge is -2.05. The van der Waals surface area contributed by atoms with E-state index < -0.39 is 0 Å². The molecule has 0 fully saturated rings. The van der Waals surface area contributed by atoms with Crippen molar-refractivity contribution in [2.75, 3.05) is 5.32 Å². The van der Waals surface area contributed by atoms with Crippen molar-refractivity contribution < 1.29 is 4.39 Å². The van der Waals surface area contributed by atoms with E-state index in [1.54, 1.807) is 23.0 Å². The van der Waals surface area contributed by atoms with Crippen LogP contribution in [0, 0.1) is 17.1 Å². The molecule has 2 aromatic rings. The molecule has 0 saturated heterocycles. The molecule has 2 rings (SSSR count). The summed E-state index contributed by atoms with van der Waals surface area (Å²) in [5.74, 6) is -0.375. The Morgan fingerprint density at radius 2 is 2.35 bits per heavy atom. The van der Waals surface area contributed by atoms with Gasteiger partial charge in [-0.15, -0.1) is 0 Å². The maximum absolute atomic E-state index is 13.5. The molecule has 0 aliphatic heterocycles. The third-order valence-corrected chi connectivity index (χ3v) is 2.37. The van der Waals surface area contributed by atoms with Gasteiger partial charge in [0.2, 0.25) is 0 Å². The van der Waals surface area contributed by atoms with Gasteiger partial charge in [-0.2, -0.15) is 10.4 Å². The molecule has 17 heavy (non-hydrogen) atoms. The second kappa shape index (κ2) is 4.66. The Labute approximate surface area is 98.3 Å². The topological polar surface area (TPSA) is 53.6 Å². The number of aryl methyl sites for hydroxylation is 1. The molecule has 0 atom stereocenters. The molecule has 0 bridgehead atoms. The van der Waals surface area contributed by atoms with Crippen molar-refractivity contribution in [3.05, 3.63) is 47.5 Å². The molecule has 0 aliphatic carbocycles. The van der Waals surface area contributed by atoms with E-state index >= 15 is 0 Å². The molecule has 0 radical (unpaired) electrons. The molecule has 0 aliphatic rings. The van der Waals surface area contributed by atoms with Gasteiger partial charge in [0.25, 0.3) is 0 Å². The number of hydrogen-bond acceptors (Lipinski definition) is 3. The lowest BCUT2D eigenvalue weighted by molar-refractivity contribution is 0.612. The Hall–Kier alpha value is -2.35. The summed E-state index contributed by atoms with van der Waals surface area (Å²) in [5, 5.41) is 15.7. The summed E-state index contributed by atoms with van der Waals surface area (Å²) in [5.41, 5.74) is 1.68. The smallest absolute Gasteiger partial charge is 0.129 e. The summed E-state index contributed by atoms with van der Waals surface area (Å²) in [7, 11) is 1.81. The lowest BCUT2D eigenvalue weighted by atomic mass is 10.1. The van der Waals surface area contributed by atoms with Crippen LogP contribution >= 0.6 is 0 Å². The van der Waals surface area contributed by atoms with Gasteiger partial charge in [0.05, 0.1) is 23.5 Å². The van der Waals surface area contributed by atoms with Gasteiger partial charge < -0.3 is 5.32 Å². The summed E-state index contributed by atoms with van der Waals surface area (Å²) in [6, 6.07) is 6.34. The first-order valence-corrected chi connectivity index (χ1v) is 5.10. The Balaban J connectivity index is 2.07. The van der Waals surface area contributed by atoms with Crippen LogP contribution < -0.4 is 5.32 Å². The minimum Gasteiger partial charge on any atom is -0.378 e. The highest BCUT2D eigenvalue weighted by Crippen LogP contribution is 2.12. The fraction of sp³-hybridized carbons (Fsp3) is 0.167. The Morgan fingerprint density at radius 1 is 1.53 bits per heavy atom. The summed E-state index contributed by atoms with van der Waals surface area (Å²) in [4.78, 5) is 0. The van der Waals surface area contributed by atoms with E-state index in [9.17, 15) is 4.39 Å². The van der Waals surface area contributed by atoms with E-state index in [0.29, 0.717) is 17.7 Å². The van der Waals surface area contributed by atoms with Gasteiger partial charge in [-0.3, -0.25) is 4.68 Å². The predicted octanol–water partition coefficient (Wildman–Crippen LogP) is 2.04. The molecule has 86 valence electrons. The van der Waals surface area contributed by atoms with Crippen LogP contribution in [0.1, 0.15) is 11.1 Å². The molecule has 5 heteroatoms. The molecule has 0 spiro atoms. The summed E-state index contributed by atoms with van der Waals surface area (Å²) < 4.78 is 15.2. The van der Waals surface area contributed by atoms with Crippen molar-refractivity contribution >= 4 is 5.69 Å². The number of aromatic nitrogens is 2. The molecule has 0 unspecified atom stereocenters. The standard InChI is InChI=1S/C12H11FN4/c1-17-8-11(7-16-17)15-6-10-3-2-9(5-14)4-12(10)13/h2-4,7-8,15H,6H2,1H3. The van der Waals surface area contributed by atoms with Crippen molar-refractivity contribution in [2.24, 2.45) is 7.05 Å². The molecule has 1 N–H and O–H groups in total. The van der Waals surface area contributed by atoms with Crippen LogP contribution in [0.2, 0.25) is 0 Å². The van der Waals surface area contributed by atoms with Gasteiger partial charge in [0.1, 0.15) is 5.82 Å². The van der Waals surface area contributed by atoms with Gasteiger partial charge in [-0.05, 0) is 12.1 Å². The highest BCUT2D eigenvalue weighted by molar-refractivity contribution is 5.40. The molecular formula is C12H11FN4. The number of nitrogens with zero attached hydrogens (tertiary/aromatic N) is 3. The van der Waals surface area contributed by atoms with Crippen molar-refractivity contribution in [3.63, 3.8) is 0 Å². The molecular weight excluding hydrogens is 219 g/mol. The average molecular weight is 230 g/mol. The van der Waals surface area contributed by atoms with E-state index in [4.69, 9.17) is 5.26 Å². The fourth-order valence-corrected chi connectivity index (χ4v) is 1.47. The number of nitriles is 1. The van der Waals surface area contributed by atoms with Crippen LogP contribution in [0.3, 0.4) is 0 Å². The van der Waals surface area contributed by atoms with Crippen molar-refractivity contribution in [3.8, 4) is 6.07 Å². The van der Waals surface area contributed by atoms with E-state index in [0.717, 1.165) is 5.69 Å². The van der Waals surface area contributed by atoms with Crippen LogP contribution in [0.25, 0.3) is 0 Å². The lowest BCUT2D eigenvalue weighted by Crippen LogP contribution is -2.01. The van der Waals surface area contributed by atoms with E-state index in [1.165, 1.54) is 6.07 Å². The zero-order chi connectivity index (χ0) is 12.3. The van der Waals surface area contributed by atoms with Gasteiger partial charge in [-0.1, -0.05) is 6.07 Å². The van der Waals surface area contributed by atoms with Crippen LogP contribution in [-0.2, 0) is 13.6 Å². The van der Waals surface area contributed by atoms with Crippen molar-refractivity contribution in [2.45, 2.75) is 6.54 Å². The molecule has 0 saturated carbocycles. The first-order chi connectivity index (χ1) is 8.19. The van der Waals surface area contributed by atoms with Gasteiger partial charge >= 0.3 is 0 Å². The van der Waals surface area contributed by atoms with E-state index in [2.05, 4.69) is 10.4 Å². The summed E-state index contributed by atoms with van der Waals surface area (Å²) >= 11 is 0. The minimum atomic E-state index is -0.375. The molecule has 1 aromatic heterocycles. The molecule has 1 aromatic carbocycles. The average Bonchev–Trinajstić information content (AvgIpc) is 2.73. The monoisotopic (exact) mass is 230 g/mol. The van der Waals surface area contributed by atoms with Crippen LogP contribution in [0.4, 0.5) is 10.1 Å². The normalized spacial score (nSPS) is 9.94. The first kappa shape index (κ1) is 11.1. The van der Waals surface area contributed by atoms with Gasteiger partial charge in [-0.25, -0.2) is 4.39 Å². The van der Waals surface area contributed by atoms with Gasteiger partial charge in [0, 0.05) is 25.4 Å². The Kier molecular flexibility index (Phi) is 3.06. The second-order valence-electron chi connectivity index (χ2n) is 3.67. The van der Waals surface area contributed by atoms with Crippen molar-refractivity contribution in [1.82, 2.24) is 9.78 Å². The van der Waals surface area contributed by atoms with Crippen LogP contribution in [-0.4, -0.2) is 9.78 Å². The highest BCUT2D eigenvalue weighted by atomic mass is 19.1. The highest BCUT2D eigenvalue weighted by Gasteiger charge is 2.03. The summed E-state index contributed by atoms with van der Waals surface area (Å²) in [6.45, 7) is 0.364. The quantitative estimate of drug-likeness (QED) is 0.877. The van der Waals surface area contributed by atoms with Gasteiger partial charge in [0.15, 0.2) is 0 Å². The maximum atomic E-state index is 13.5. The molecule has 1 heterocycles. The zero-order valence-corrected chi connectivity index (χ0v) is 9.31. The van der Waals surface area contributed by atoms with Crippen molar-refractivity contribution in [1.29, 1.82) is 5.26 Å². The Morgan fingerprint density at radius 3 is 2.94 bits per heavy atom. The maximum Gasteiger partial charge on any atom is 0.129 e. The third kappa shape index (κ3) is 2.61. The largest absolute Gasteiger partial charge is 0.378 e. The second-order valence-corrected chi connectivity index (χ2v) is 3.67. The number of halogens is 1. The number of nitrogens with one attached hydrogen (secondary N) is 1. The van der Waals surface area contributed by atoms with E-state index in [1.807, 2.05) is 19.3 Å². The zero-order valence-electron chi connectivity index (χ0n) is 9.31. The number of hydrogen-bond donors (Lipinski definition) is 1. The Bertz CT molecular complexity index is 568. The number of rotatable bonds is 3. The SMILES string of the molecule is Cn1cc(NCc2ccc(C#N)cc2F)cn1. The summed E-state index contributed by atoms with van der Waals surface area (Å²) in [6.07, 6.45) is 3.48. The molecule has 4 nitrogen and oxygen atoms in total. The fourth-order valence-electron chi connectivity index (χ4n) is 1.47. The number of benzene rings is 1. The third-order valence-electron chi connectivity index (χ3n) is 2.37. The van der Waals surface area contributed by atoms with Crippen LogP contribution in [0.15, 0.2) is 30.6 Å². The first-order valence-electron chi connectivity index (χ1n) is 5.10. The minimum absolute atomic E-state index is 0.327. The molecule has 0 amide bonds.